The lowest BCUT2D eigenvalue weighted by Crippen LogP contribution is -2.25. The summed E-state index contributed by atoms with van der Waals surface area (Å²) in [5.74, 6) is 4.25. The zero-order valence-electron chi connectivity index (χ0n) is 18.8. The molecule has 176 valence electrons. The largest absolute Gasteiger partial charge is 0.486 e. The lowest BCUT2D eigenvalue weighted by Gasteiger charge is -2.20. The zero-order chi connectivity index (χ0) is 24.2. The smallest absolute Gasteiger partial charge is 0.200 e. The number of aldehydes is 1. The topological polar surface area (TPSA) is 59.7 Å². The minimum absolute atomic E-state index is 0.0911. The number of carbonyl (C=O) groups is 1. The number of imidazole rings is 1. The summed E-state index contributed by atoms with van der Waals surface area (Å²) in [5, 5.41) is 0. The molecule has 0 aliphatic carbocycles. The van der Waals surface area contributed by atoms with Crippen molar-refractivity contribution >= 4 is 11.8 Å². The first-order valence-electron chi connectivity index (χ1n) is 11.3. The highest BCUT2D eigenvalue weighted by molar-refractivity contribution is 5.77. The second kappa shape index (κ2) is 10.0. The number of fused-ring (bicyclic) bond motifs is 1. The summed E-state index contributed by atoms with van der Waals surface area (Å²) in [7, 11) is 0. The number of ether oxygens (including phenoxy) is 1. The van der Waals surface area contributed by atoms with Crippen molar-refractivity contribution in [2.75, 3.05) is 13.1 Å². The number of hydrogen-bond donors (Lipinski definition) is 0. The van der Waals surface area contributed by atoms with Crippen molar-refractivity contribution in [1.82, 2.24) is 19.3 Å². The molecule has 1 saturated heterocycles. The fourth-order valence-corrected chi connectivity index (χ4v) is 4.42. The van der Waals surface area contributed by atoms with Crippen LogP contribution in [0.5, 0.6) is 5.75 Å². The number of hydrogen-bond acceptors (Lipinski definition) is 5. The van der Waals surface area contributed by atoms with E-state index in [0.717, 1.165) is 53.6 Å². The van der Waals surface area contributed by atoms with Gasteiger partial charge in [0.1, 0.15) is 12.4 Å². The second-order valence-electron chi connectivity index (χ2n) is 8.26. The molecule has 2 aromatic heterocycles. The van der Waals surface area contributed by atoms with Crippen molar-refractivity contribution in [3.8, 4) is 28.8 Å². The first kappa shape index (κ1) is 22.7. The van der Waals surface area contributed by atoms with E-state index in [1.165, 1.54) is 12.1 Å². The van der Waals surface area contributed by atoms with Crippen molar-refractivity contribution in [1.29, 1.82) is 0 Å². The van der Waals surface area contributed by atoms with E-state index in [1.807, 2.05) is 30.5 Å². The molecule has 0 N–H and O–H groups in total. The van der Waals surface area contributed by atoms with Crippen LogP contribution in [0.3, 0.4) is 0 Å². The Morgan fingerprint density at radius 2 is 2.03 bits per heavy atom. The molecule has 0 spiro atoms. The summed E-state index contributed by atoms with van der Waals surface area (Å²) < 4.78 is 34.8. The number of carbonyl (C=O) groups excluding carboxylic acids is 1. The molecule has 1 fully saturated rings. The summed E-state index contributed by atoms with van der Waals surface area (Å²) in [6, 6.07) is 11.6. The predicted octanol–water partition coefficient (Wildman–Crippen LogP) is 4.59. The van der Waals surface area contributed by atoms with Gasteiger partial charge in [-0.15, -0.1) is 0 Å². The van der Waals surface area contributed by atoms with Crippen LogP contribution in [0.4, 0.5) is 8.78 Å². The van der Waals surface area contributed by atoms with E-state index in [2.05, 4.69) is 26.1 Å². The van der Waals surface area contributed by atoms with Crippen molar-refractivity contribution in [2.45, 2.75) is 25.5 Å². The second-order valence-corrected chi connectivity index (χ2v) is 8.26. The standard InChI is InChI=1S/C27H22F2N4O2/c28-21-5-3-7-24(25(21)29)35-18-19-8-10-20(11-9-19)26-23-17-30-12-15-33(23)27(31-26)22-6-4-14-32(22)13-1-2-16-34/h3,5,7-12,15-17,22H,4,6,13-14,18H2/t22-/m0/s1. The Bertz CT molecular complexity index is 1420. The van der Waals surface area contributed by atoms with Gasteiger partial charge in [-0.05, 0) is 43.0 Å². The Morgan fingerprint density at radius 3 is 2.86 bits per heavy atom. The molecule has 0 unspecified atom stereocenters. The van der Waals surface area contributed by atoms with Crippen LogP contribution in [0.2, 0.25) is 0 Å². The van der Waals surface area contributed by atoms with E-state index in [4.69, 9.17) is 9.72 Å². The number of aromatic nitrogens is 3. The maximum absolute atomic E-state index is 13.8. The van der Waals surface area contributed by atoms with Gasteiger partial charge in [0.2, 0.25) is 5.82 Å². The normalized spacial score (nSPS) is 15.7. The summed E-state index contributed by atoms with van der Waals surface area (Å²) in [5.41, 5.74) is 3.42. The van der Waals surface area contributed by atoms with Gasteiger partial charge in [-0.2, -0.15) is 4.39 Å². The molecule has 8 heteroatoms. The molecule has 5 rings (SSSR count). The molecule has 0 radical (unpaired) electrons. The third-order valence-electron chi connectivity index (χ3n) is 6.12. The number of benzene rings is 2. The Balaban J connectivity index is 1.40. The van der Waals surface area contributed by atoms with E-state index in [1.54, 1.807) is 12.4 Å². The molecular weight excluding hydrogens is 450 g/mol. The van der Waals surface area contributed by atoms with Gasteiger partial charge in [-0.1, -0.05) is 36.3 Å². The third kappa shape index (κ3) is 4.63. The first-order chi connectivity index (χ1) is 17.2. The highest BCUT2D eigenvalue weighted by Crippen LogP contribution is 2.34. The van der Waals surface area contributed by atoms with E-state index in [-0.39, 0.29) is 18.4 Å². The number of halogens is 2. The monoisotopic (exact) mass is 472 g/mol. The minimum atomic E-state index is -0.994. The Labute approximate surface area is 201 Å². The lowest BCUT2D eigenvalue weighted by atomic mass is 10.1. The van der Waals surface area contributed by atoms with Gasteiger partial charge in [-0.25, -0.2) is 9.37 Å². The van der Waals surface area contributed by atoms with Crippen LogP contribution in [-0.2, 0) is 11.4 Å². The molecule has 0 amide bonds. The first-order valence-corrected chi connectivity index (χ1v) is 11.3. The Morgan fingerprint density at radius 1 is 1.17 bits per heavy atom. The molecule has 0 bridgehead atoms. The average Bonchev–Trinajstić information content (AvgIpc) is 3.50. The third-order valence-corrected chi connectivity index (χ3v) is 6.12. The molecule has 1 atom stereocenters. The molecule has 1 aliphatic heterocycles. The summed E-state index contributed by atoms with van der Waals surface area (Å²) in [6.07, 6.45) is 8.04. The summed E-state index contributed by atoms with van der Waals surface area (Å²) in [6.45, 7) is 1.52. The van der Waals surface area contributed by atoms with E-state index in [0.29, 0.717) is 12.8 Å². The molecule has 0 saturated carbocycles. The molecule has 4 aromatic rings. The van der Waals surface area contributed by atoms with Gasteiger partial charge in [-0.3, -0.25) is 19.1 Å². The van der Waals surface area contributed by atoms with Crippen LogP contribution in [0.25, 0.3) is 16.8 Å². The van der Waals surface area contributed by atoms with Gasteiger partial charge >= 0.3 is 0 Å². The molecule has 3 heterocycles. The van der Waals surface area contributed by atoms with Crippen molar-refractivity contribution in [2.24, 2.45) is 0 Å². The van der Waals surface area contributed by atoms with E-state index in [9.17, 15) is 13.6 Å². The fraction of sp³-hybridized carbons (Fsp3) is 0.222. The zero-order valence-corrected chi connectivity index (χ0v) is 18.8. The summed E-state index contributed by atoms with van der Waals surface area (Å²) >= 11 is 0. The highest BCUT2D eigenvalue weighted by atomic mass is 19.2. The molecule has 2 aromatic carbocycles. The van der Waals surface area contributed by atoms with Crippen LogP contribution in [0, 0.1) is 23.5 Å². The minimum Gasteiger partial charge on any atom is -0.486 e. The van der Waals surface area contributed by atoms with Crippen LogP contribution in [0.15, 0.2) is 61.1 Å². The average molecular weight is 472 g/mol. The van der Waals surface area contributed by atoms with Gasteiger partial charge in [0.15, 0.2) is 17.9 Å². The van der Waals surface area contributed by atoms with Gasteiger partial charge < -0.3 is 4.74 Å². The maximum Gasteiger partial charge on any atom is 0.200 e. The van der Waals surface area contributed by atoms with Crippen molar-refractivity contribution in [3.05, 3.63) is 84.1 Å². The van der Waals surface area contributed by atoms with E-state index >= 15 is 0 Å². The molecular formula is C27H22F2N4O2. The van der Waals surface area contributed by atoms with Gasteiger partial charge in [0, 0.05) is 18.0 Å². The Kier molecular flexibility index (Phi) is 6.51. The Hall–Kier alpha value is -4.09. The van der Waals surface area contributed by atoms with Crippen molar-refractivity contribution in [3.63, 3.8) is 0 Å². The fourth-order valence-electron chi connectivity index (χ4n) is 4.42. The summed E-state index contributed by atoms with van der Waals surface area (Å²) in [4.78, 5) is 22.1. The molecule has 1 aliphatic rings. The van der Waals surface area contributed by atoms with Crippen LogP contribution in [0.1, 0.15) is 30.3 Å². The quantitative estimate of drug-likeness (QED) is 0.303. The van der Waals surface area contributed by atoms with Crippen LogP contribution < -0.4 is 4.74 Å². The number of rotatable bonds is 6. The lowest BCUT2D eigenvalue weighted by molar-refractivity contribution is -0.103. The maximum atomic E-state index is 13.8. The van der Waals surface area contributed by atoms with Gasteiger partial charge in [0.25, 0.3) is 0 Å². The van der Waals surface area contributed by atoms with Crippen LogP contribution in [-0.4, -0.2) is 38.6 Å². The molecule has 35 heavy (non-hydrogen) atoms. The van der Waals surface area contributed by atoms with E-state index < -0.39 is 11.6 Å². The van der Waals surface area contributed by atoms with Crippen molar-refractivity contribution < 1.29 is 18.3 Å². The number of likely N-dealkylation sites (tertiary alicyclic amines) is 1. The van der Waals surface area contributed by atoms with Gasteiger partial charge in [0.05, 0.1) is 30.0 Å². The molecule has 6 nitrogen and oxygen atoms in total. The highest BCUT2D eigenvalue weighted by Gasteiger charge is 2.30. The van der Waals surface area contributed by atoms with Crippen LogP contribution >= 0.6 is 0 Å². The predicted molar refractivity (Wildman–Crippen MR) is 127 cm³/mol. The SMILES string of the molecule is O=CC#CCN1CCC[C@H]1c1nc(-c2ccc(COc3cccc(F)c3F)cc2)c2cnccn12. The number of nitrogens with zero attached hydrogens (tertiary/aromatic N) is 4.